The van der Waals surface area contributed by atoms with E-state index in [1.54, 1.807) is 0 Å². The van der Waals surface area contributed by atoms with Gasteiger partial charge < -0.3 is 10.2 Å². The van der Waals surface area contributed by atoms with Gasteiger partial charge in [0, 0.05) is 31.3 Å². The van der Waals surface area contributed by atoms with Crippen molar-refractivity contribution in [1.82, 2.24) is 10.2 Å². The number of rotatable bonds is 8. The lowest BCUT2D eigenvalue weighted by molar-refractivity contribution is -0.131. The molecule has 1 heterocycles. The first-order valence-electron chi connectivity index (χ1n) is 6.81. The Kier molecular flexibility index (Phi) is 11.0. The summed E-state index contributed by atoms with van der Waals surface area (Å²) in [7, 11) is 1.96. The molecule has 18 heavy (non-hydrogen) atoms. The minimum Gasteiger partial charge on any atom is -0.338 e. The molecule has 5 heteroatoms. The van der Waals surface area contributed by atoms with Crippen molar-refractivity contribution in [1.29, 1.82) is 0 Å². The van der Waals surface area contributed by atoms with Crippen molar-refractivity contribution in [2.24, 2.45) is 0 Å². The van der Waals surface area contributed by atoms with Crippen LogP contribution < -0.4 is 5.32 Å². The van der Waals surface area contributed by atoms with Crippen LogP contribution in [-0.4, -0.2) is 48.5 Å². The zero-order valence-electron chi connectivity index (χ0n) is 11.6. The number of amides is 1. The number of halogens is 1. The molecule has 0 saturated carbocycles. The highest BCUT2D eigenvalue weighted by Gasteiger charge is 2.27. The first-order chi connectivity index (χ1) is 8.29. The Morgan fingerprint density at radius 1 is 1.44 bits per heavy atom. The fraction of sp³-hybridized carbons (Fsp3) is 0.923. The van der Waals surface area contributed by atoms with Crippen LogP contribution in [0.15, 0.2) is 0 Å². The van der Waals surface area contributed by atoms with Gasteiger partial charge in [-0.25, -0.2) is 0 Å². The Morgan fingerprint density at radius 3 is 2.89 bits per heavy atom. The number of nitrogens with zero attached hydrogens (tertiary/aromatic N) is 1. The normalized spacial score (nSPS) is 18.8. The topological polar surface area (TPSA) is 32.3 Å². The van der Waals surface area contributed by atoms with Gasteiger partial charge in [0.1, 0.15) is 0 Å². The second-order valence-electron chi connectivity index (χ2n) is 4.66. The second-order valence-corrected chi connectivity index (χ2v) is 5.88. The van der Waals surface area contributed by atoms with Crippen molar-refractivity contribution >= 4 is 30.1 Å². The number of thioether (sulfide) groups is 1. The summed E-state index contributed by atoms with van der Waals surface area (Å²) in [5.74, 6) is 2.54. The smallest absolute Gasteiger partial charge is 0.223 e. The van der Waals surface area contributed by atoms with Gasteiger partial charge in [-0.1, -0.05) is 13.3 Å². The molecular formula is C13H27ClN2OS. The molecule has 1 aliphatic rings. The van der Waals surface area contributed by atoms with Gasteiger partial charge in [0.2, 0.25) is 5.91 Å². The molecule has 0 aliphatic carbocycles. The maximum Gasteiger partial charge on any atom is 0.223 e. The number of hydrogen-bond donors (Lipinski definition) is 1. The quantitative estimate of drug-likeness (QED) is 0.698. The van der Waals surface area contributed by atoms with Crippen molar-refractivity contribution in [3.8, 4) is 0 Å². The molecule has 1 rings (SSSR count). The van der Waals surface area contributed by atoms with E-state index >= 15 is 0 Å². The van der Waals surface area contributed by atoms with E-state index in [0.29, 0.717) is 18.4 Å². The number of carbonyl (C=O) groups is 1. The average Bonchev–Trinajstić information content (AvgIpc) is 2.77. The number of hydrogen-bond acceptors (Lipinski definition) is 3. The molecule has 108 valence electrons. The predicted octanol–water partition coefficient (Wildman–Crippen LogP) is 2.54. The lowest BCUT2D eigenvalue weighted by Gasteiger charge is -2.24. The molecule has 1 amide bonds. The van der Waals surface area contributed by atoms with Crippen LogP contribution >= 0.6 is 24.2 Å². The Labute approximate surface area is 122 Å². The minimum absolute atomic E-state index is 0. The largest absolute Gasteiger partial charge is 0.338 e. The Morgan fingerprint density at radius 2 is 2.22 bits per heavy atom. The summed E-state index contributed by atoms with van der Waals surface area (Å²) >= 11 is 1.92. The highest BCUT2D eigenvalue weighted by Crippen LogP contribution is 2.18. The van der Waals surface area contributed by atoms with Crippen LogP contribution in [0.1, 0.15) is 39.0 Å². The second kappa shape index (κ2) is 10.9. The van der Waals surface area contributed by atoms with E-state index in [2.05, 4.69) is 17.1 Å². The SMILES string of the molecule is CCCCSCCC(=O)N1CCCC1CNC.Cl. The van der Waals surface area contributed by atoms with E-state index in [1.807, 2.05) is 18.8 Å². The minimum atomic E-state index is 0. The molecule has 1 N–H and O–H groups in total. The third-order valence-electron chi connectivity index (χ3n) is 3.24. The van der Waals surface area contributed by atoms with Gasteiger partial charge >= 0.3 is 0 Å². The first kappa shape index (κ1) is 18.1. The summed E-state index contributed by atoms with van der Waals surface area (Å²) in [5, 5.41) is 3.18. The summed E-state index contributed by atoms with van der Waals surface area (Å²) in [6.45, 7) is 4.11. The molecule has 0 radical (unpaired) electrons. The Bertz CT molecular complexity index is 229. The molecule has 0 spiro atoms. The summed E-state index contributed by atoms with van der Waals surface area (Å²) < 4.78 is 0. The van der Waals surface area contributed by atoms with Gasteiger partial charge in [-0.05, 0) is 32.1 Å². The number of nitrogens with one attached hydrogen (secondary N) is 1. The summed E-state index contributed by atoms with van der Waals surface area (Å²) in [4.78, 5) is 14.1. The molecule has 1 atom stereocenters. The zero-order valence-corrected chi connectivity index (χ0v) is 13.2. The summed E-state index contributed by atoms with van der Waals surface area (Å²) in [6.07, 6.45) is 5.56. The van der Waals surface area contributed by atoms with E-state index in [9.17, 15) is 4.79 Å². The van der Waals surface area contributed by atoms with Gasteiger partial charge in [-0.3, -0.25) is 4.79 Å². The van der Waals surface area contributed by atoms with Crippen LogP contribution in [0.3, 0.4) is 0 Å². The first-order valence-corrected chi connectivity index (χ1v) is 7.96. The van der Waals surface area contributed by atoms with Gasteiger partial charge in [-0.15, -0.1) is 12.4 Å². The molecule has 1 saturated heterocycles. The number of carbonyl (C=O) groups excluding carboxylic acids is 1. The van der Waals surface area contributed by atoms with E-state index in [-0.39, 0.29) is 12.4 Å². The van der Waals surface area contributed by atoms with Crippen LogP contribution in [0.2, 0.25) is 0 Å². The van der Waals surface area contributed by atoms with E-state index in [1.165, 1.54) is 25.0 Å². The van der Waals surface area contributed by atoms with E-state index < -0.39 is 0 Å². The van der Waals surface area contributed by atoms with Crippen LogP contribution in [0.4, 0.5) is 0 Å². The zero-order chi connectivity index (χ0) is 12.5. The fourth-order valence-corrected chi connectivity index (χ4v) is 3.28. The lowest BCUT2D eigenvalue weighted by Crippen LogP contribution is -2.40. The molecule has 0 aromatic carbocycles. The van der Waals surface area contributed by atoms with Crippen molar-refractivity contribution < 1.29 is 4.79 Å². The highest BCUT2D eigenvalue weighted by molar-refractivity contribution is 7.99. The average molecular weight is 295 g/mol. The van der Waals surface area contributed by atoms with Gasteiger partial charge in [0.05, 0.1) is 0 Å². The molecule has 1 aliphatic heterocycles. The van der Waals surface area contributed by atoms with Gasteiger partial charge in [-0.2, -0.15) is 11.8 Å². The summed E-state index contributed by atoms with van der Waals surface area (Å²) in [5.41, 5.74) is 0. The third kappa shape index (κ3) is 6.30. The number of likely N-dealkylation sites (tertiary alicyclic amines) is 1. The predicted molar refractivity (Wildman–Crippen MR) is 82.8 cm³/mol. The van der Waals surface area contributed by atoms with Crippen LogP contribution in [0.25, 0.3) is 0 Å². The maximum absolute atomic E-state index is 12.0. The maximum atomic E-state index is 12.0. The van der Waals surface area contributed by atoms with Gasteiger partial charge in [0.25, 0.3) is 0 Å². The fourth-order valence-electron chi connectivity index (χ4n) is 2.26. The number of likely N-dealkylation sites (N-methyl/N-ethyl adjacent to an activating group) is 1. The lowest BCUT2D eigenvalue weighted by atomic mass is 10.2. The molecule has 1 fully saturated rings. The Balaban J connectivity index is 0.00000289. The van der Waals surface area contributed by atoms with E-state index in [0.717, 1.165) is 25.3 Å². The monoisotopic (exact) mass is 294 g/mol. The molecule has 0 bridgehead atoms. The molecule has 0 aromatic heterocycles. The summed E-state index contributed by atoms with van der Waals surface area (Å²) in [6, 6.07) is 0.438. The highest BCUT2D eigenvalue weighted by atomic mass is 35.5. The van der Waals surface area contributed by atoms with Crippen molar-refractivity contribution in [2.45, 2.75) is 45.1 Å². The standard InChI is InChI=1S/C13H26N2OS.ClH/c1-3-4-9-17-10-7-13(16)15-8-5-6-12(15)11-14-2;/h12,14H,3-11H2,1-2H3;1H. The molecular weight excluding hydrogens is 268 g/mol. The molecule has 1 unspecified atom stereocenters. The van der Waals surface area contributed by atoms with Crippen molar-refractivity contribution in [3.05, 3.63) is 0 Å². The molecule has 3 nitrogen and oxygen atoms in total. The van der Waals surface area contributed by atoms with Crippen LogP contribution in [0, 0.1) is 0 Å². The van der Waals surface area contributed by atoms with Crippen LogP contribution in [-0.2, 0) is 4.79 Å². The third-order valence-corrected chi connectivity index (χ3v) is 4.31. The Hall–Kier alpha value is 0.0700. The number of unbranched alkanes of at least 4 members (excludes halogenated alkanes) is 1. The van der Waals surface area contributed by atoms with E-state index in [4.69, 9.17) is 0 Å². The van der Waals surface area contributed by atoms with Gasteiger partial charge in [0.15, 0.2) is 0 Å². The van der Waals surface area contributed by atoms with Crippen molar-refractivity contribution in [3.63, 3.8) is 0 Å². The van der Waals surface area contributed by atoms with Crippen LogP contribution in [0.5, 0.6) is 0 Å². The van der Waals surface area contributed by atoms with Crippen molar-refractivity contribution in [2.75, 3.05) is 31.6 Å². The molecule has 0 aromatic rings.